The SMILES string of the molecule is O=C(Nc1ccccc1Br)c1cccc(F)c1. The summed E-state index contributed by atoms with van der Waals surface area (Å²) in [6.07, 6.45) is 0. The summed E-state index contributed by atoms with van der Waals surface area (Å²) in [5, 5.41) is 2.70. The minimum absolute atomic E-state index is 0.292. The van der Waals surface area contributed by atoms with Gasteiger partial charge in [0.1, 0.15) is 5.82 Å². The summed E-state index contributed by atoms with van der Waals surface area (Å²) in [4.78, 5) is 11.8. The monoisotopic (exact) mass is 293 g/mol. The van der Waals surface area contributed by atoms with E-state index in [0.717, 1.165) is 4.47 Å². The standard InChI is InChI=1S/C13H9BrFNO/c14-11-6-1-2-7-12(11)16-13(17)9-4-3-5-10(15)8-9/h1-8H,(H,16,17). The molecule has 1 amide bonds. The van der Waals surface area contributed by atoms with E-state index in [0.29, 0.717) is 11.3 Å². The number of benzene rings is 2. The Hall–Kier alpha value is -1.68. The molecule has 0 aliphatic heterocycles. The first-order chi connectivity index (χ1) is 8.16. The minimum Gasteiger partial charge on any atom is -0.321 e. The fraction of sp³-hybridized carbons (Fsp3) is 0. The zero-order valence-corrected chi connectivity index (χ0v) is 10.4. The molecular formula is C13H9BrFNO. The first kappa shape index (κ1) is 11.8. The highest BCUT2D eigenvalue weighted by molar-refractivity contribution is 9.10. The molecule has 2 aromatic rings. The van der Waals surface area contributed by atoms with Crippen LogP contribution in [-0.2, 0) is 0 Å². The molecule has 0 atom stereocenters. The molecule has 2 nitrogen and oxygen atoms in total. The number of hydrogen-bond acceptors (Lipinski definition) is 1. The van der Waals surface area contributed by atoms with Gasteiger partial charge in [0.2, 0.25) is 0 Å². The van der Waals surface area contributed by atoms with E-state index in [2.05, 4.69) is 21.2 Å². The lowest BCUT2D eigenvalue weighted by molar-refractivity contribution is 0.102. The van der Waals surface area contributed by atoms with E-state index >= 15 is 0 Å². The number of halogens is 2. The first-order valence-corrected chi connectivity index (χ1v) is 5.77. The lowest BCUT2D eigenvalue weighted by Gasteiger charge is -2.06. The molecule has 0 radical (unpaired) electrons. The zero-order chi connectivity index (χ0) is 12.3. The van der Waals surface area contributed by atoms with Crippen molar-refractivity contribution in [1.29, 1.82) is 0 Å². The molecule has 0 aliphatic rings. The molecule has 4 heteroatoms. The smallest absolute Gasteiger partial charge is 0.255 e. The van der Waals surface area contributed by atoms with Crippen LogP contribution in [0.15, 0.2) is 53.0 Å². The largest absolute Gasteiger partial charge is 0.321 e. The van der Waals surface area contributed by atoms with Gasteiger partial charge in [0.15, 0.2) is 0 Å². The van der Waals surface area contributed by atoms with Crippen molar-refractivity contribution in [2.24, 2.45) is 0 Å². The third-order valence-electron chi connectivity index (χ3n) is 2.21. The van der Waals surface area contributed by atoms with Crippen LogP contribution in [0.25, 0.3) is 0 Å². The molecule has 0 heterocycles. The molecule has 2 aromatic carbocycles. The summed E-state index contributed by atoms with van der Waals surface area (Å²) in [5.74, 6) is -0.763. The Morgan fingerprint density at radius 3 is 2.59 bits per heavy atom. The fourth-order valence-corrected chi connectivity index (χ4v) is 1.77. The van der Waals surface area contributed by atoms with Crippen LogP contribution >= 0.6 is 15.9 Å². The predicted octanol–water partition coefficient (Wildman–Crippen LogP) is 3.84. The molecule has 0 saturated heterocycles. The molecule has 0 unspecified atom stereocenters. The number of para-hydroxylation sites is 1. The fourth-order valence-electron chi connectivity index (χ4n) is 1.39. The Morgan fingerprint density at radius 1 is 1.12 bits per heavy atom. The van der Waals surface area contributed by atoms with Crippen molar-refractivity contribution in [1.82, 2.24) is 0 Å². The summed E-state index contributed by atoms with van der Waals surface area (Å²) in [7, 11) is 0. The van der Waals surface area contributed by atoms with Gasteiger partial charge in [-0.15, -0.1) is 0 Å². The number of amides is 1. The molecule has 2 rings (SSSR count). The van der Waals surface area contributed by atoms with Gasteiger partial charge in [0, 0.05) is 10.0 Å². The predicted molar refractivity (Wildman–Crippen MR) is 68.5 cm³/mol. The average molecular weight is 294 g/mol. The van der Waals surface area contributed by atoms with Crippen LogP contribution in [0.4, 0.5) is 10.1 Å². The third-order valence-corrected chi connectivity index (χ3v) is 2.90. The van der Waals surface area contributed by atoms with E-state index in [9.17, 15) is 9.18 Å². The van der Waals surface area contributed by atoms with Crippen LogP contribution in [0.1, 0.15) is 10.4 Å². The van der Waals surface area contributed by atoms with Crippen LogP contribution in [-0.4, -0.2) is 5.91 Å². The lowest BCUT2D eigenvalue weighted by Crippen LogP contribution is -2.12. The van der Waals surface area contributed by atoms with Crippen LogP contribution in [0.5, 0.6) is 0 Å². The van der Waals surface area contributed by atoms with E-state index in [4.69, 9.17) is 0 Å². The second-order valence-electron chi connectivity index (χ2n) is 3.44. The second kappa shape index (κ2) is 5.10. The topological polar surface area (TPSA) is 29.1 Å². The third kappa shape index (κ3) is 2.91. The molecule has 86 valence electrons. The maximum Gasteiger partial charge on any atom is 0.255 e. The maximum absolute atomic E-state index is 13.0. The highest BCUT2D eigenvalue weighted by atomic mass is 79.9. The average Bonchev–Trinajstić information content (AvgIpc) is 2.32. The summed E-state index contributed by atoms with van der Waals surface area (Å²) in [5.41, 5.74) is 0.947. The molecular weight excluding hydrogens is 285 g/mol. The Labute approximate surface area is 107 Å². The molecule has 0 saturated carbocycles. The molecule has 0 bridgehead atoms. The van der Waals surface area contributed by atoms with Crippen LogP contribution in [0, 0.1) is 5.82 Å². The second-order valence-corrected chi connectivity index (χ2v) is 4.30. The van der Waals surface area contributed by atoms with Gasteiger partial charge < -0.3 is 5.32 Å². The van der Waals surface area contributed by atoms with Crippen LogP contribution in [0.2, 0.25) is 0 Å². The first-order valence-electron chi connectivity index (χ1n) is 4.98. The van der Waals surface area contributed by atoms with Gasteiger partial charge in [-0.1, -0.05) is 18.2 Å². The van der Waals surface area contributed by atoms with Crippen molar-refractivity contribution in [3.8, 4) is 0 Å². The summed E-state index contributed by atoms with van der Waals surface area (Å²) in [6, 6.07) is 12.8. The lowest BCUT2D eigenvalue weighted by atomic mass is 10.2. The molecule has 0 spiro atoms. The molecule has 0 aromatic heterocycles. The van der Waals surface area contributed by atoms with Crippen molar-refractivity contribution in [2.45, 2.75) is 0 Å². The zero-order valence-electron chi connectivity index (χ0n) is 8.78. The molecule has 17 heavy (non-hydrogen) atoms. The van der Waals surface area contributed by atoms with Crippen molar-refractivity contribution in [3.05, 3.63) is 64.4 Å². The van der Waals surface area contributed by atoms with Gasteiger partial charge in [-0.2, -0.15) is 0 Å². The number of carbonyl (C=O) groups is 1. The van der Waals surface area contributed by atoms with Gasteiger partial charge in [-0.3, -0.25) is 4.79 Å². The Morgan fingerprint density at radius 2 is 1.88 bits per heavy atom. The molecule has 1 N–H and O–H groups in total. The summed E-state index contributed by atoms with van der Waals surface area (Å²) in [6.45, 7) is 0. The van der Waals surface area contributed by atoms with E-state index < -0.39 is 5.82 Å². The number of hydrogen-bond donors (Lipinski definition) is 1. The van der Waals surface area contributed by atoms with Crippen molar-refractivity contribution >= 4 is 27.5 Å². The van der Waals surface area contributed by atoms with Crippen molar-refractivity contribution < 1.29 is 9.18 Å². The van der Waals surface area contributed by atoms with Crippen LogP contribution in [0.3, 0.4) is 0 Å². The van der Waals surface area contributed by atoms with Crippen molar-refractivity contribution in [2.75, 3.05) is 5.32 Å². The maximum atomic E-state index is 13.0. The van der Waals surface area contributed by atoms with Gasteiger partial charge in [0.25, 0.3) is 5.91 Å². The number of nitrogens with one attached hydrogen (secondary N) is 1. The van der Waals surface area contributed by atoms with E-state index in [1.807, 2.05) is 18.2 Å². The van der Waals surface area contributed by atoms with Gasteiger partial charge in [0.05, 0.1) is 5.69 Å². The van der Waals surface area contributed by atoms with Gasteiger partial charge in [-0.05, 0) is 46.3 Å². The van der Waals surface area contributed by atoms with E-state index in [-0.39, 0.29) is 5.91 Å². The summed E-state index contributed by atoms with van der Waals surface area (Å²) < 4.78 is 13.7. The number of anilines is 1. The van der Waals surface area contributed by atoms with Gasteiger partial charge >= 0.3 is 0 Å². The molecule has 0 fully saturated rings. The molecule has 0 aliphatic carbocycles. The van der Waals surface area contributed by atoms with E-state index in [1.165, 1.54) is 18.2 Å². The Kier molecular flexibility index (Phi) is 3.54. The normalized spacial score (nSPS) is 10.0. The highest BCUT2D eigenvalue weighted by Gasteiger charge is 2.08. The van der Waals surface area contributed by atoms with Crippen LogP contribution < -0.4 is 5.32 Å². The summed E-state index contributed by atoms with van der Waals surface area (Å²) >= 11 is 3.32. The van der Waals surface area contributed by atoms with E-state index in [1.54, 1.807) is 12.1 Å². The Bertz CT molecular complexity index is 557. The Balaban J connectivity index is 2.20. The van der Waals surface area contributed by atoms with Crippen molar-refractivity contribution in [3.63, 3.8) is 0 Å². The number of carbonyl (C=O) groups excluding carboxylic acids is 1. The minimum atomic E-state index is -0.426. The quantitative estimate of drug-likeness (QED) is 0.895. The van der Waals surface area contributed by atoms with Gasteiger partial charge in [-0.25, -0.2) is 4.39 Å². The highest BCUT2D eigenvalue weighted by Crippen LogP contribution is 2.21. The number of rotatable bonds is 2.